The predicted molar refractivity (Wildman–Crippen MR) is 63.1 cm³/mol. The Labute approximate surface area is 101 Å². The van der Waals surface area contributed by atoms with Crippen molar-refractivity contribution < 1.29 is 9.47 Å². The van der Waals surface area contributed by atoms with E-state index in [-0.39, 0.29) is 12.5 Å². The summed E-state index contributed by atoms with van der Waals surface area (Å²) in [7, 11) is 1.56. The van der Waals surface area contributed by atoms with Crippen molar-refractivity contribution in [3.05, 3.63) is 22.7 Å². The van der Waals surface area contributed by atoms with Crippen LogP contribution < -0.4 is 9.47 Å². The van der Waals surface area contributed by atoms with Crippen molar-refractivity contribution >= 4 is 11.6 Å². The summed E-state index contributed by atoms with van der Waals surface area (Å²) in [6.45, 7) is 3.86. The topological polar surface area (TPSA) is 42.2 Å². The Morgan fingerprint density at radius 3 is 2.56 bits per heavy atom. The fourth-order valence-electron chi connectivity index (χ4n) is 1.30. The molecule has 86 valence electrons. The molecule has 0 heterocycles. The third-order valence-corrected chi connectivity index (χ3v) is 2.32. The van der Waals surface area contributed by atoms with Crippen LogP contribution in [-0.4, -0.2) is 13.2 Å². The van der Waals surface area contributed by atoms with Gasteiger partial charge in [-0.25, -0.2) is 0 Å². The Morgan fingerprint density at radius 2 is 2.06 bits per heavy atom. The Morgan fingerprint density at radius 1 is 1.38 bits per heavy atom. The maximum absolute atomic E-state index is 8.66. The van der Waals surface area contributed by atoms with E-state index in [2.05, 4.69) is 6.07 Å². The molecule has 0 saturated carbocycles. The molecule has 16 heavy (non-hydrogen) atoms. The second-order valence-electron chi connectivity index (χ2n) is 3.60. The average Bonchev–Trinajstić information content (AvgIpc) is 2.22. The highest BCUT2D eigenvalue weighted by Crippen LogP contribution is 2.34. The number of halogens is 1. The largest absolute Gasteiger partial charge is 0.493 e. The molecule has 1 aromatic carbocycles. The van der Waals surface area contributed by atoms with Gasteiger partial charge < -0.3 is 9.47 Å². The van der Waals surface area contributed by atoms with Gasteiger partial charge in [0.1, 0.15) is 0 Å². The highest BCUT2D eigenvalue weighted by molar-refractivity contribution is 6.31. The summed E-state index contributed by atoms with van der Waals surface area (Å²) in [6, 6.07) is 5.49. The van der Waals surface area contributed by atoms with Crippen LogP contribution in [0.15, 0.2) is 12.1 Å². The third kappa shape index (κ3) is 3.04. The Bertz CT molecular complexity index is 410. The van der Waals surface area contributed by atoms with Gasteiger partial charge >= 0.3 is 0 Å². The van der Waals surface area contributed by atoms with Crippen LogP contribution >= 0.6 is 11.6 Å². The number of ether oxygens (including phenoxy) is 2. The molecule has 0 saturated heterocycles. The monoisotopic (exact) mass is 239 g/mol. The van der Waals surface area contributed by atoms with E-state index in [9.17, 15) is 0 Å². The number of hydrogen-bond donors (Lipinski definition) is 0. The van der Waals surface area contributed by atoms with Crippen molar-refractivity contribution in [2.45, 2.75) is 26.4 Å². The minimum atomic E-state index is 0.0463. The van der Waals surface area contributed by atoms with E-state index in [4.69, 9.17) is 26.3 Å². The molecule has 0 radical (unpaired) electrons. The molecule has 1 rings (SSSR count). The number of nitrogens with zero attached hydrogens (tertiary/aromatic N) is 1. The lowest BCUT2D eigenvalue weighted by Crippen LogP contribution is -2.07. The van der Waals surface area contributed by atoms with Gasteiger partial charge in [-0.1, -0.05) is 11.6 Å². The molecule has 0 spiro atoms. The van der Waals surface area contributed by atoms with Crippen LogP contribution in [0.4, 0.5) is 0 Å². The van der Waals surface area contributed by atoms with Crippen LogP contribution in [0.25, 0.3) is 0 Å². The number of nitriles is 1. The Hall–Kier alpha value is -1.40. The zero-order valence-electron chi connectivity index (χ0n) is 9.58. The lowest BCUT2D eigenvalue weighted by molar-refractivity contribution is 0.230. The second-order valence-corrected chi connectivity index (χ2v) is 4.00. The lowest BCUT2D eigenvalue weighted by Gasteiger charge is -2.15. The molecule has 0 N–H and O–H groups in total. The summed E-state index contributed by atoms with van der Waals surface area (Å²) in [4.78, 5) is 0. The summed E-state index contributed by atoms with van der Waals surface area (Å²) < 4.78 is 10.8. The molecule has 3 nitrogen and oxygen atoms in total. The second kappa shape index (κ2) is 5.62. The Kier molecular flexibility index (Phi) is 4.45. The fourth-order valence-corrected chi connectivity index (χ4v) is 1.52. The first-order chi connectivity index (χ1) is 7.58. The highest BCUT2D eigenvalue weighted by atomic mass is 35.5. The zero-order valence-corrected chi connectivity index (χ0v) is 10.3. The number of rotatable bonds is 4. The van der Waals surface area contributed by atoms with E-state index < -0.39 is 0 Å². The average molecular weight is 240 g/mol. The minimum absolute atomic E-state index is 0.0463. The number of benzene rings is 1. The fraction of sp³-hybridized carbons (Fsp3) is 0.417. The van der Waals surface area contributed by atoms with Gasteiger partial charge in [0.25, 0.3) is 0 Å². The molecule has 0 aliphatic carbocycles. The third-order valence-electron chi connectivity index (χ3n) is 1.96. The van der Waals surface area contributed by atoms with Crippen LogP contribution in [0.1, 0.15) is 19.4 Å². The van der Waals surface area contributed by atoms with Gasteiger partial charge in [-0.2, -0.15) is 5.26 Å². The maximum atomic E-state index is 8.66. The van der Waals surface area contributed by atoms with Crippen molar-refractivity contribution in [3.8, 4) is 17.6 Å². The SMILES string of the molecule is COc1cc(Cl)c(CC#N)cc1OC(C)C. The molecular weight excluding hydrogens is 226 g/mol. The molecule has 0 aliphatic rings. The number of hydrogen-bond acceptors (Lipinski definition) is 3. The molecule has 4 heteroatoms. The number of methoxy groups -OCH3 is 1. The van der Waals surface area contributed by atoms with Crippen molar-refractivity contribution in [3.63, 3.8) is 0 Å². The molecule has 1 aromatic rings. The molecule has 0 fully saturated rings. The van der Waals surface area contributed by atoms with Crippen LogP contribution in [0.3, 0.4) is 0 Å². The first-order valence-corrected chi connectivity index (χ1v) is 5.36. The Balaban J connectivity index is 3.13. The minimum Gasteiger partial charge on any atom is -0.493 e. The molecular formula is C12H14ClNO2. The van der Waals surface area contributed by atoms with Gasteiger partial charge in [-0.05, 0) is 25.5 Å². The molecule has 0 bridgehead atoms. The van der Waals surface area contributed by atoms with E-state index in [0.717, 1.165) is 5.56 Å². The molecule has 0 unspecified atom stereocenters. The van der Waals surface area contributed by atoms with Gasteiger partial charge in [0.05, 0.1) is 25.7 Å². The summed E-state index contributed by atoms with van der Waals surface area (Å²) in [6.07, 6.45) is 0.307. The summed E-state index contributed by atoms with van der Waals surface area (Å²) in [5, 5.41) is 9.19. The van der Waals surface area contributed by atoms with Crippen LogP contribution in [-0.2, 0) is 6.42 Å². The molecule has 0 atom stereocenters. The zero-order chi connectivity index (χ0) is 12.1. The van der Waals surface area contributed by atoms with E-state index in [0.29, 0.717) is 16.5 Å². The van der Waals surface area contributed by atoms with Gasteiger partial charge in [-0.15, -0.1) is 0 Å². The van der Waals surface area contributed by atoms with E-state index >= 15 is 0 Å². The quantitative estimate of drug-likeness (QED) is 0.810. The summed E-state index contributed by atoms with van der Waals surface area (Å²) in [5.41, 5.74) is 0.751. The first-order valence-electron chi connectivity index (χ1n) is 4.98. The predicted octanol–water partition coefficient (Wildman–Crippen LogP) is 3.20. The van der Waals surface area contributed by atoms with Crippen LogP contribution in [0, 0.1) is 11.3 Å². The van der Waals surface area contributed by atoms with Crippen molar-refractivity contribution in [2.24, 2.45) is 0 Å². The van der Waals surface area contributed by atoms with Gasteiger partial charge in [-0.3, -0.25) is 0 Å². The van der Waals surface area contributed by atoms with Crippen LogP contribution in [0.2, 0.25) is 5.02 Å². The van der Waals surface area contributed by atoms with E-state index in [1.165, 1.54) is 0 Å². The smallest absolute Gasteiger partial charge is 0.162 e. The van der Waals surface area contributed by atoms with E-state index in [1.807, 2.05) is 13.8 Å². The van der Waals surface area contributed by atoms with Crippen molar-refractivity contribution in [1.29, 1.82) is 5.26 Å². The normalized spacial score (nSPS) is 10.0. The first kappa shape index (κ1) is 12.7. The lowest BCUT2D eigenvalue weighted by atomic mass is 10.1. The summed E-state index contributed by atoms with van der Waals surface area (Å²) in [5.74, 6) is 1.20. The van der Waals surface area contributed by atoms with Crippen molar-refractivity contribution in [1.82, 2.24) is 0 Å². The molecule has 0 aromatic heterocycles. The van der Waals surface area contributed by atoms with Crippen LogP contribution in [0.5, 0.6) is 11.5 Å². The van der Waals surface area contributed by atoms with E-state index in [1.54, 1.807) is 19.2 Å². The van der Waals surface area contributed by atoms with Gasteiger partial charge in [0, 0.05) is 11.1 Å². The maximum Gasteiger partial charge on any atom is 0.162 e. The van der Waals surface area contributed by atoms with Gasteiger partial charge in [0.15, 0.2) is 11.5 Å². The van der Waals surface area contributed by atoms with Crippen molar-refractivity contribution in [2.75, 3.05) is 7.11 Å². The molecule has 0 amide bonds. The molecule has 0 aliphatic heterocycles. The highest BCUT2D eigenvalue weighted by Gasteiger charge is 2.11. The summed E-state index contributed by atoms with van der Waals surface area (Å²) >= 11 is 6.01. The standard InChI is InChI=1S/C12H14ClNO2/c1-8(2)16-12-6-9(4-5-14)10(13)7-11(12)15-3/h6-8H,4H2,1-3H3. The van der Waals surface area contributed by atoms with Gasteiger partial charge in [0.2, 0.25) is 0 Å².